The molecule has 0 amide bonds. The average molecular weight is 244 g/mol. The molecule has 0 aliphatic heterocycles. The first kappa shape index (κ1) is 11.3. The monoisotopic (exact) mass is 244 g/mol. The Kier molecular flexibility index (Phi) is 2.40. The summed E-state index contributed by atoms with van der Waals surface area (Å²) in [5, 5.41) is 17.8. The highest BCUT2D eigenvalue weighted by Crippen LogP contribution is 2.44. The number of nitrogens with zero attached hydrogens (tertiary/aromatic N) is 1. The Bertz CT molecular complexity index is 609. The summed E-state index contributed by atoms with van der Waals surface area (Å²) in [5.74, 6) is -0.701. The number of H-pyrrole nitrogens is 1. The molecule has 94 valence electrons. The zero-order valence-electron chi connectivity index (χ0n) is 10.4. The summed E-state index contributed by atoms with van der Waals surface area (Å²) in [6, 6.07) is 5.78. The molecule has 0 bridgehead atoms. The van der Waals surface area contributed by atoms with Crippen molar-refractivity contribution in [1.29, 1.82) is 0 Å². The predicted molar refractivity (Wildman–Crippen MR) is 68.6 cm³/mol. The summed E-state index contributed by atoms with van der Waals surface area (Å²) in [6.07, 6.45) is 3.43. The number of carboxylic acid groups (broad SMARTS) is 1. The zero-order valence-corrected chi connectivity index (χ0v) is 10.4. The molecule has 0 unspecified atom stereocenters. The normalized spacial score (nSPS) is 18.3. The maximum Gasteiger partial charge on any atom is 0.314 e. The fraction of sp³-hybridized carbons (Fsp3) is 0.429. The number of aryl methyl sites for hydroxylation is 1. The highest BCUT2D eigenvalue weighted by molar-refractivity contribution is 5.93. The number of aromatic nitrogens is 2. The van der Waals surface area contributed by atoms with Crippen molar-refractivity contribution >= 4 is 16.9 Å². The molecule has 18 heavy (non-hydrogen) atoms. The van der Waals surface area contributed by atoms with Crippen molar-refractivity contribution in [2.45, 2.75) is 38.0 Å². The number of aliphatic carboxylic acids is 1. The van der Waals surface area contributed by atoms with Gasteiger partial charge in [0.25, 0.3) is 0 Å². The summed E-state index contributed by atoms with van der Waals surface area (Å²) < 4.78 is 0. The lowest BCUT2D eigenvalue weighted by molar-refractivity contribution is -0.143. The van der Waals surface area contributed by atoms with Gasteiger partial charge < -0.3 is 5.11 Å². The molecule has 2 N–H and O–H groups in total. The number of fused-ring (bicyclic) bond motifs is 1. The molecule has 0 spiro atoms. The molecule has 1 aromatic heterocycles. The second kappa shape index (κ2) is 3.83. The number of hydrogen-bond donors (Lipinski definition) is 2. The minimum Gasteiger partial charge on any atom is -0.481 e. The summed E-state index contributed by atoms with van der Waals surface area (Å²) in [4.78, 5) is 11.8. The standard InChI is InChI=1S/C14H16N2O2/c1-9-12-10(5-4-6-11(12)16-15-9)14(13(17)18)7-2-3-8-14/h4-6H,2-3,7-8H2,1H3,(H,15,16)(H,17,18). The predicted octanol–water partition coefficient (Wildman–Crippen LogP) is 2.77. The topological polar surface area (TPSA) is 66.0 Å². The third kappa shape index (κ3) is 1.38. The molecule has 0 radical (unpaired) electrons. The van der Waals surface area contributed by atoms with Crippen molar-refractivity contribution in [3.8, 4) is 0 Å². The smallest absolute Gasteiger partial charge is 0.314 e. The summed E-state index contributed by atoms with van der Waals surface area (Å²) >= 11 is 0. The van der Waals surface area contributed by atoms with Gasteiger partial charge in [0, 0.05) is 11.1 Å². The number of hydrogen-bond acceptors (Lipinski definition) is 2. The van der Waals surface area contributed by atoms with Crippen LogP contribution in [0.15, 0.2) is 18.2 Å². The number of rotatable bonds is 2. The van der Waals surface area contributed by atoms with Gasteiger partial charge in [0.2, 0.25) is 0 Å². The lowest BCUT2D eigenvalue weighted by Gasteiger charge is -2.25. The third-order valence-electron chi connectivity index (χ3n) is 4.14. The second-order valence-corrected chi connectivity index (χ2v) is 5.14. The van der Waals surface area contributed by atoms with Crippen molar-refractivity contribution in [1.82, 2.24) is 10.2 Å². The summed E-state index contributed by atoms with van der Waals surface area (Å²) in [6.45, 7) is 1.95. The van der Waals surface area contributed by atoms with Crippen LogP contribution in [-0.4, -0.2) is 21.3 Å². The first-order chi connectivity index (χ1) is 8.65. The van der Waals surface area contributed by atoms with Crippen LogP contribution in [0.5, 0.6) is 0 Å². The molecule has 0 saturated heterocycles. The SMILES string of the molecule is Cc1[nH]nc2cccc(C3(C(=O)O)CCCC3)c12. The molecular weight excluding hydrogens is 228 g/mol. The van der Waals surface area contributed by atoms with E-state index < -0.39 is 11.4 Å². The minimum absolute atomic E-state index is 0.701. The lowest BCUT2D eigenvalue weighted by Crippen LogP contribution is -2.32. The Labute approximate surface area is 105 Å². The minimum atomic E-state index is -0.714. The molecule has 1 aliphatic carbocycles. The number of benzene rings is 1. The van der Waals surface area contributed by atoms with Gasteiger partial charge in [0.1, 0.15) is 0 Å². The van der Waals surface area contributed by atoms with Crippen LogP contribution < -0.4 is 0 Å². The fourth-order valence-corrected chi connectivity index (χ4v) is 3.20. The number of aromatic amines is 1. The molecule has 0 atom stereocenters. The first-order valence-electron chi connectivity index (χ1n) is 6.33. The molecule has 4 nitrogen and oxygen atoms in total. The van der Waals surface area contributed by atoms with E-state index in [1.165, 1.54) is 0 Å². The van der Waals surface area contributed by atoms with Crippen LogP contribution in [0.1, 0.15) is 36.9 Å². The van der Waals surface area contributed by atoms with Gasteiger partial charge >= 0.3 is 5.97 Å². The van der Waals surface area contributed by atoms with E-state index in [1.54, 1.807) is 0 Å². The van der Waals surface area contributed by atoms with Crippen LogP contribution in [0.4, 0.5) is 0 Å². The van der Waals surface area contributed by atoms with Gasteiger partial charge in [-0.2, -0.15) is 5.10 Å². The van der Waals surface area contributed by atoms with Crippen molar-refractivity contribution in [2.24, 2.45) is 0 Å². The molecule has 2 aromatic rings. The number of carbonyl (C=O) groups is 1. The van der Waals surface area contributed by atoms with E-state index in [0.717, 1.165) is 47.8 Å². The fourth-order valence-electron chi connectivity index (χ4n) is 3.20. The van der Waals surface area contributed by atoms with Gasteiger partial charge in [-0.1, -0.05) is 25.0 Å². The van der Waals surface area contributed by atoms with Crippen LogP contribution in [0, 0.1) is 6.92 Å². The van der Waals surface area contributed by atoms with E-state index in [-0.39, 0.29) is 0 Å². The Morgan fingerprint density at radius 1 is 1.39 bits per heavy atom. The van der Waals surface area contributed by atoms with Crippen LogP contribution in [0.2, 0.25) is 0 Å². The van der Waals surface area contributed by atoms with E-state index in [1.807, 2.05) is 25.1 Å². The molecule has 1 aliphatic rings. The molecule has 1 saturated carbocycles. The molecule has 4 heteroatoms. The van der Waals surface area contributed by atoms with Gasteiger partial charge in [-0.25, -0.2) is 0 Å². The highest BCUT2D eigenvalue weighted by atomic mass is 16.4. The van der Waals surface area contributed by atoms with Gasteiger partial charge in [-0.3, -0.25) is 9.89 Å². The van der Waals surface area contributed by atoms with Crippen LogP contribution >= 0.6 is 0 Å². The van der Waals surface area contributed by atoms with Crippen LogP contribution in [0.3, 0.4) is 0 Å². The lowest BCUT2D eigenvalue weighted by atomic mass is 9.77. The molecule has 3 rings (SSSR count). The van der Waals surface area contributed by atoms with E-state index in [2.05, 4.69) is 10.2 Å². The van der Waals surface area contributed by atoms with Crippen molar-refractivity contribution < 1.29 is 9.90 Å². The van der Waals surface area contributed by atoms with Crippen molar-refractivity contribution in [2.75, 3.05) is 0 Å². The summed E-state index contributed by atoms with van der Waals surface area (Å²) in [7, 11) is 0. The van der Waals surface area contributed by atoms with E-state index >= 15 is 0 Å². The van der Waals surface area contributed by atoms with E-state index in [9.17, 15) is 9.90 Å². The third-order valence-corrected chi connectivity index (χ3v) is 4.14. The first-order valence-corrected chi connectivity index (χ1v) is 6.33. The average Bonchev–Trinajstić information content (AvgIpc) is 2.97. The number of nitrogens with one attached hydrogen (secondary N) is 1. The zero-order chi connectivity index (χ0) is 12.8. The quantitative estimate of drug-likeness (QED) is 0.853. The van der Waals surface area contributed by atoms with E-state index in [0.29, 0.717) is 0 Å². The maximum absolute atomic E-state index is 11.8. The Morgan fingerprint density at radius 2 is 2.11 bits per heavy atom. The maximum atomic E-state index is 11.8. The van der Waals surface area contributed by atoms with Gasteiger partial charge in [-0.15, -0.1) is 0 Å². The van der Waals surface area contributed by atoms with Gasteiger partial charge in [-0.05, 0) is 31.4 Å². The summed E-state index contributed by atoms with van der Waals surface area (Å²) in [5.41, 5.74) is 2.02. The number of carboxylic acids is 1. The second-order valence-electron chi connectivity index (χ2n) is 5.14. The Morgan fingerprint density at radius 3 is 2.78 bits per heavy atom. The molecular formula is C14H16N2O2. The Hall–Kier alpha value is -1.84. The van der Waals surface area contributed by atoms with Crippen molar-refractivity contribution in [3.05, 3.63) is 29.5 Å². The van der Waals surface area contributed by atoms with Crippen LogP contribution in [0.25, 0.3) is 10.9 Å². The molecule has 1 fully saturated rings. The van der Waals surface area contributed by atoms with Crippen molar-refractivity contribution in [3.63, 3.8) is 0 Å². The molecule has 1 aromatic carbocycles. The van der Waals surface area contributed by atoms with Gasteiger partial charge in [0.05, 0.1) is 10.9 Å². The van der Waals surface area contributed by atoms with E-state index in [4.69, 9.17) is 0 Å². The van der Waals surface area contributed by atoms with Gasteiger partial charge in [0.15, 0.2) is 0 Å². The largest absolute Gasteiger partial charge is 0.481 e. The molecule has 1 heterocycles. The van der Waals surface area contributed by atoms with Crippen LogP contribution in [-0.2, 0) is 10.2 Å². The highest BCUT2D eigenvalue weighted by Gasteiger charge is 2.44. The Balaban J connectivity index is 2.30.